The molecule has 2 saturated heterocycles. The lowest BCUT2D eigenvalue weighted by molar-refractivity contribution is -0.140. The predicted molar refractivity (Wildman–Crippen MR) is 122 cm³/mol. The van der Waals surface area contributed by atoms with Crippen LogP contribution >= 0.6 is 0 Å². The normalized spacial score (nSPS) is 21.0. The molecule has 2 aliphatic heterocycles. The number of nitrogens with zero attached hydrogens (tertiary/aromatic N) is 2. The summed E-state index contributed by atoms with van der Waals surface area (Å²) in [5, 5.41) is 11.1. The first-order valence-corrected chi connectivity index (χ1v) is 11.4. The molecule has 34 heavy (non-hydrogen) atoms. The number of halogens is 1. The summed E-state index contributed by atoms with van der Waals surface area (Å²) in [6.07, 6.45) is -0.229. The van der Waals surface area contributed by atoms with Gasteiger partial charge in [0.2, 0.25) is 0 Å². The van der Waals surface area contributed by atoms with Gasteiger partial charge in [-0.1, -0.05) is 0 Å². The van der Waals surface area contributed by atoms with E-state index in [-0.39, 0.29) is 29.5 Å². The van der Waals surface area contributed by atoms with Crippen molar-refractivity contribution in [2.75, 3.05) is 39.4 Å². The van der Waals surface area contributed by atoms with Crippen LogP contribution in [0.3, 0.4) is 0 Å². The average molecular weight is 473 g/mol. The summed E-state index contributed by atoms with van der Waals surface area (Å²) in [5.41, 5.74) is -0.0497. The fourth-order valence-corrected chi connectivity index (χ4v) is 4.23. The third-order valence-electron chi connectivity index (χ3n) is 5.90. The van der Waals surface area contributed by atoms with E-state index in [0.717, 1.165) is 19.2 Å². The van der Waals surface area contributed by atoms with Crippen molar-refractivity contribution in [2.45, 2.75) is 32.9 Å². The number of aliphatic hydroxyl groups is 1. The van der Waals surface area contributed by atoms with Crippen molar-refractivity contribution in [2.24, 2.45) is 0 Å². The monoisotopic (exact) mass is 472 g/mol. The number of furan rings is 1. The molecule has 3 heterocycles. The van der Waals surface area contributed by atoms with Crippen molar-refractivity contribution in [3.05, 3.63) is 58.8 Å². The molecule has 182 valence electrons. The van der Waals surface area contributed by atoms with Crippen LogP contribution in [0.15, 0.2) is 40.3 Å². The van der Waals surface area contributed by atoms with Gasteiger partial charge in [-0.2, -0.15) is 0 Å². The molecule has 1 aromatic carbocycles. The summed E-state index contributed by atoms with van der Waals surface area (Å²) < 4.78 is 31.2. The summed E-state index contributed by atoms with van der Waals surface area (Å²) in [7, 11) is 0. The van der Waals surface area contributed by atoms with Gasteiger partial charge >= 0.3 is 0 Å². The zero-order valence-electron chi connectivity index (χ0n) is 19.5. The summed E-state index contributed by atoms with van der Waals surface area (Å²) in [6.45, 7) is 8.81. The molecule has 0 unspecified atom stereocenters. The number of benzene rings is 1. The molecular formula is C25H29FN2O6. The lowest BCUT2D eigenvalue weighted by Gasteiger charge is -2.30. The molecule has 1 aromatic heterocycles. The van der Waals surface area contributed by atoms with Crippen LogP contribution < -0.4 is 4.74 Å². The fourth-order valence-electron chi connectivity index (χ4n) is 4.23. The van der Waals surface area contributed by atoms with Gasteiger partial charge in [0.05, 0.1) is 24.9 Å². The molecule has 0 bridgehead atoms. The second-order valence-corrected chi connectivity index (χ2v) is 8.71. The van der Waals surface area contributed by atoms with E-state index in [1.54, 1.807) is 32.9 Å². The van der Waals surface area contributed by atoms with E-state index in [0.29, 0.717) is 31.3 Å². The van der Waals surface area contributed by atoms with Gasteiger partial charge in [-0.3, -0.25) is 14.5 Å². The number of Topliss-reactive ketones (excluding diaryl/α,β-unsaturated/α-hetero) is 1. The van der Waals surface area contributed by atoms with Crippen molar-refractivity contribution < 1.29 is 33.0 Å². The minimum atomic E-state index is -0.913. The highest BCUT2D eigenvalue weighted by Gasteiger charge is 2.47. The molecule has 4 rings (SSSR count). The van der Waals surface area contributed by atoms with Crippen LogP contribution in [0.2, 0.25) is 0 Å². The molecule has 1 N–H and O–H groups in total. The number of hydrogen-bond acceptors (Lipinski definition) is 7. The number of carbonyl (C=O) groups is 2. The molecular weight excluding hydrogens is 443 g/mol. The molecule has 0 radical (unpaired) electrons. The molecule has 8 nitrogen and oxygen atoms in total. The molecule has 1 atom stereocenters. The van der Waals surface area contributed by atoms with E-state index < -0.39 is 29.3 Å². The Hall–Kier alpha value is -3.17. The van der Waals surface area contributed by atoms with Crippen LogP contribution in [0.25, 0.3) is 5.76 Å². The van der Waals surface area contributed by atoms with Crippen LogP contribution in [-0.2, 0) is 14.3 Å². The topological polar surface area (TPSA) is 92.5 Å². The highest BCUT2D eigenvalue weighted by Crippen LogP contribution is 2.40. The maximum absolute atomic E-state index is 14.6. The number of rotatable bonds is 7. The summed E-state index contributed by atoms with van der Waals surface area (Å²) >= 11 is 0. The Morgan fingerprint density at radius 1 is 1.18 bits per heavy atom. The Bertz CT molecular complexity index is 1100. The first-order chi connectivity index (χ1) is 16.3. The van der Waals surface area contributed by atoms with E-state index in [9.17, 15) is 19.1 Å². The quantitative estimate of drug-likeness (QED) is 0.376. The first kappa shape index (κ1) is 24.0. The van der Waals surface area contributed by atoms with E-state index in [1.807, 2.05) is 0 Å². The van der Waals surface area contributed by atoms with Gasteiger partial charge in [-0.05, 0) is 51.1 Å². The molecule has 0 aliphatic carbocycles. The number of ketones is 1. The maximum atomic E-state index is 14.6. The highest BCUT2D eigenvalue weighted by atomic mass is 19.1. The smallest absolute Gasteiger partial charge is 0.295 e. The summed E-state index contributed by atoms with van der Waals surface area (Å²) in [5.74, 6) is -1.69. The Balaban J connectivity index is 1.70. The first-order valence-electron chi connectivity index (χ1n) is 11.4. The molecule has 2 aliphatic rings. The van der Waals surface area contributed by atoms with Crippen molar-refractivity contribution in [3.63, 3.8) is 0 Å². The summed E-state index contributed by atoms with van der Waals surface area (Å²) in [6, 6.07) is 6.45. The van der Waals surface area contributed by atoms with Crippen molar-refractivity contribution in [1.82, 2.24) is 9.80 Å². The second-order valence-electron chi connectivity index (χ2n) is 8.71. The molecule has 2 aromatic rings. The zero-order chi connectivity index (χ0) is 24.4. The van der Waals surface area contributed by atoms with Crippen molar-refractivity contribution in [1.29, 1.82) is 0 Å². The maximum Gasteiger partial charge on any atom is 0.295 e. The predicted octanol–water partition coefficient (Wildman–Crippen LogP) is 3.27. The number of amides is 1. The van der Waals surface area contributed by atoms with Crippen molar-refractivity contribution in [3.8, 4) is 5.75 Å². The van der Waals surface area contributed by atoms with Crippen LogP contribution in [0, 0.1) is 12.7 Å². The van der Waals surface area contributed by atoms with Gasteiger partial charge in [0, 0.05) is 31.7 Å². The lowest BCUT2D eigenvalue weighted by atomic mass is 9.99. The number of ether oxygens (including phenoxy) is 2. The number of aryl methyl sites for hydroxylation is 1. The Morgan fingerprint density at radius 2 is 1.91 bits per heavy atom. The van der Waals surface area contributed by atoms with Crippen LogP contribution in [0.4, 0.5) is 4.39 Å². The average Bonchev–Trinajstić information content (AvgIpc) is 3.34. The van der Waals surface area contributed by atoms with Gasteiger partial charge in [-0.25, -0.2) is 4.39 Å². The summed E-state index contributed by atoms with van der Waals surface area (Å²) in [4.78, 5) is 29.6. The minimum Gasteiger partial charge on any atom is -0.507 e. The van der Waals surface area contributed by atoms with Gasteiger partial charge in [0.25, 0.3) is 11.7 Å². The molecule has 9 heteroatoms. The van der Waals surface area contributed by atoms with E-state index in [1.165, 1.54) is 17.0 Å². The number of likely N-dealkylation sites (tertiary alicyclic amines) is 1. The standard InChI is InChI=1S/C25H29FN2O6/c1-15(2)33-19-7-5-17(14-18(19)26)23(29)21-22(20-6-4-16(3)34-20)28(25(31)24(21)30)9-8-27-10-12-32-13-11-27/h4-7,14-15,22,29H,8-13H2,1-3H3/t22-/m1/s1. The Morgan fingerprint density at radius 3 is 2.53 bits per heavy atom. The number of hydrogen-bond donors (Lipinski definition) is 1. The number of carbonyl (C=O) groups excluding carboxylic acids is 2. The third kappa shape index (κ3) is 4.85. The van der Waals surface area contributed by atoms with Crippen LogP contribution in [0.5, 0.6) is 5.75 Å². The lowest BCUT2D eigenvalue weighted by Crippen LogP contribution is -2.42. The zero-order valence-corrected chi connectivity index (χ0v) is 19.5. The van der Waals surface area contributed by atoms with E-state index in [2.05, 4.69) is 4.90 Å². The van der Waals surface area contributed by atoms with Gasteiger partial charge in [0.15, 0.2) is 11.6 Å². The number of aliphatic hydroxyl groups excluding tert-OH is 1. The molecule has 2 fully saturated rings. The van der Waals surface area contributed by atoms with Crippen LogP contribution in [0.1, 0.15) is 37.0 Å². The SMILES string of the molecule is Cc1ccc([C@@H]2C(=C(O)c3ccc(OC(C)C)c(F)c3)C(=O)C(=O)N2CCN2CCOCC2)o1. The number of morpholine rings is 1. The van der Waals surface area contributed by atoms with E-state index >= 15 is 0 Å². The molecule has 0 saturated carbocycles. The Labute approximate surface area is 197 Å². The minimum absolute atomic E-state index is 0.0377. The van der Waals surface area contributed by atoms with E-state index in [4.69, 9.17) is 13.9 Å². The molecule has 1 amide bonds. The van der Waals surface area contributed by atoms with Gasteiger partial charge in [-0.15, -0.1) is 0 Å². The van der Waals surface area contributed by atoms with Gasteiger partial charge in [0.1, 0.15) is 23.3 Å². The highest BCUT2D eigenvalue weighted by molar-refractivity contribution is 6.46. The fraction of sp³-hybridized carbons (Fsp3) is 0.440. The third-order valence-corrected chi connectivity index (χ3v) is 5.90. The van der Waals surface area contributed by atoms with Gasteiger partial charge < -0.3 is 23.9 Å². The molecule has 0 spiro atoms. The second kappa shape index (κ2) is 9.99. The van der Waals surface area contributed by atoms with Crippen LogP contribution in [-0.4, -0.2) is 72.1 Å². The van der Waals surface area contributed by atoms with Crippen molar-refractivity contribution >= 4 is 17.4 Å². The Kier molecular flexibility index (Phi) is 7.04. The largest absolute Gasteiger partial charge is 0.507 e.